The lowest BCUT2D eigenvalue weighted by molar-refractivity contribution is -0.0468. The summed E-state index contributed by atoms with van der Waals surface area (Å²) >= 11 is 0. The average Bonchev–Trinajstić information content (AvgIpc) is 2.07. The van der Waals surface area contributed by atoms with E-state index >= 15 is 0 Å². The van der Waals surface area contributed by atoms with E-state index in [4.69, 9.17) is 21.1 Å². The van der Waals surface area contributed by atoms with Gasteiger partial charge in [0.05, 0.1) is 0 Å². The number of aliphatic hydroxyl groups excluding tert-OH is 1. The van der Waals surface area contributed by atoms with Gasteiger partial charge in [0.15, 0.2) is 6.17 Å². The molecule has 0 aromatic carbocycles. The van der Waals surface area contributed by atoms with Gasteiger partial charge in [-0.05, 0) is 0 Å². The summed E-state index contributed by atoms with van der Waals surface area (Å²) in [4.78, 5) is 11.0. The number of hydrogen-bond donors (Lipinski definition) is 5. The molecule has 0 radical (unpaired) electrons. The molecule has 1 aliphatic heterocycles. The highest BCUT2D eigenvalue weighted by Crippen LogP contribution is 2.12. The van der Waals surface area contributed by atoms with Crippen LogP contribution in [0.25, 0.3) is 0 Å². The molecule has 0 aliphatic carbocycles. The zero-order chi connectivity index (χ0) is 11.8. The number of carbonyl (C=O) groups excluding carboxylic acids is 1. The van der Waals surface area contributed by atoms with Crippen molar-refractivity contribution in [2.75, 3.05) is 0 Å². The highest BCUT2D eigenvalue weighted by Gasteiger charge is 2.35. The first-order chi connectivity index (χ1) is 6.72. The average molecular weight is 240 g/mol. The van der Waals surface area contributed by atoms with Gasteiger partial charge in [-0.3, -0.25) is 9.87 Å². The molecule has 1 heterocycles. The van der Waals surface area contributed by atoms with Crippen LogP contribution in [0, 0.1) is 0 Å². The fourth-order valence-electron chi connectivity index (χ4n) is 0.803. The number of rotatable bonds is 2. The van der Waals surface area contributed by atoms with Gasteiger partial charge in [0.1, 0.15) is 5.70 Å². The number of aliphatic hydroxyl groups is 1. The van der Waals surface area contributed by atoms with Gasteiger partial charge < -0.3 is 16.6 Å². The number of nitrogens with two attached hydrogens (primary N) is 2. The zero-order valence-electron chi connectivity index (χ0n) is 7.11. The molecule has 15 heavy (non-hydrogen) atoms. The lowest BCUT2D eigenvalue weighted by atomic mass is 10.3. The Morgan fingerprint density at radius 3 is 2.53 bits per heavy atom. The van der Waals surface area contributed by atoms with Crippen molar-refractivity contribution in [1.82, 2.24) is 10.4 Å². The van der Waals surface area contributed by atoms with E-state index < -0.39 is 34.2 Å². The second-order valence-corrected chi connectivity index (χ2v) is 3.51. The maximum Gasteiger partial charge on any atom is 0.418 e. The quantitative estimate of drug-likeness (QED) is 0.336. The highest BCUT2D eigenvalue weighted by molar-refractivity contribution is 7.80. The van der Waals surface area contributed by atoms with Crippen LogP contribution >= 0.6 is 0 Å². The molecular weight excluding hydrogens is 232 g/mol. The number of hydrogen-bond acceptors (Lipinski definition) is 7. The van der Waals surface area contributed by atoms with Crippen molar-refractivity contribution in [3.63, 3.8) is 0 Å². The molecule has 0 saturated carbocycles. The van der Waals surface area contributed by atoms with E-state index in [2.05, 4.69) is 4.28 Å². The van der Waals surface area contributed by atoms with Gasteiger partial charge in [0.25, 0.3) is 0 Å². The lowest BCUT2D eigenvalue weighted by Gasteiger charge is -2.29. The van der Waals surface area contributed by atoms with Crippen LogP contribution in [-0.4, -0.2) is 35.3 Å². The van der Waals surface area contributed by atoms with Crippen LogP contribution in [0.2, 0.25) is 0 Å². The largest absolute Gasteiger partial charge is 0.493 e. The summed E-state index contributed by atoms with van der Waals surface area (Å²) in [5.74, 6) is -0.706. The molecule has 0 spiro atoms. The summed E-state index contributed by atoms with van der Waals surface area (Å²) in [6.07, 6.45) is -1.53. The van der Waals surface area contributed by atoms with Crippen LogP contribution in [-0.2, 0) is 14.7 Å². The molecule has 0 unspecified atom stereocenters. The number of amides is 2. The molecule has 11 heteroatoms. The summed E-state index contributed by atoms with van der Waals surface area (Å²) in [6, 6.07) is -1.19. The smallest absolute Gasteiger partial charge is 0.418 e. The monoisotopic (exact) mass is 240 g/mol. The molecule has 1 atom stereocenters. The van der Waals surface area contributed by atoms with E-state index in [1.807, 2.05) is 0 Å². The third kappa shape index (κ3) is 2.47. The third-order valence-electron chi connectivity index (χ3n) is 1.44. The van der Waals surface area contributed by atoms with E-state index in [0.29, 0.717) is 0 Å². The first-order valence-corrected chi connectivity index (χ1v) is 4.80. The standard InChI is InChI=1S/C4H8N4O6S/c5-1-2(6)8(14-15(11,12)13)4(10)7-3(1)9/h2,9H,5-6H2,(H,7,10)(H,11,12,13)/t2-/m1/s1. The first-order valence-electron chi connectivity index (χ1n) is 3.44. The normalized spacial score (nSPS) is 22.9. The Hall–Kier alpha value is -1.56. The highest BCUT2D eigenvalue weighted by atomic mass is 32.3. The summed E-state index contributed by atoms with van der Waals surface area (Å²) in [5, 5.41) is 10.8. The molecule has 0 fully saturated rings. The number of hydroxylamine groups is 2. The van der Waals surface area contributed by atoms with Crippen molar-refractivity contribution in [2.24, 2.45) is 11.5 Å². The van der Waals surface area contributed by atoms with Gasteiger partial charge in [-0.2, -0.15) is 13.5 Å². The first kappa shape index (κ1) is 11.5. The molecule has 0 saturated heterocycles. The Kier molecular flexibility index (Phi) is 2.72. The maximum atomic E-state index is 11.0. The van der Waals surface area contributed by atoms with E-state index in [0.717, 1.165) is 0 Å². The third-order valence-corrected chi connectivity index (χ3v) is 1.79. The zero-order valence-corrected chi connectivity index (χ0v) is 7.93. The van der Waals surface area contributed by atoms with Crippen molar-refractivity contribution in [2.45, 2.75) is 6.17 Å². The molecule has 10 nitrogen and oxygen atoms in total. The van der Waals surface area contributed by atoms with E-state index in [9.17, 15) is 13.2 Å². The van der Waals surface area contributed by atoms with Gasteiger partial charge in [-0.15, -0.1) is 4.28 Å². The summed E-state index contributed by atoms with van der Waals surface area (Å²) in [7, 11) is -4.91. The van der Waals surface area contributed by atoms with Crippen LogP contribution in [0.3, 0.4) is 0 Å². The summed E-state index contributed by atoms with van der Waals surface area (Å²) < 4.78 is 32.8. The fourth-order valence-corrected chi connectivity index (χ4v) is 1.17. The SMILES string of the molecule is NC1=C(O)NC(=O)N(OS(=O)(=O)O)[C@H]1N. The Balaban J connectivity index is 2.97. The van der Waals surface area contributed by atoms with Crippen molar-refractivity contribution < 1.29 is 27.2 Å². The second kappa shape index (κ2) is 3.54. The van der Waals surface area contributed by atoms with Crippen LogP contribution in [0.15, 0.2) is 11.6 Å². The molecular formula is C4H8N4O6S. The van der Waals surface area contributed by atoms with Gasteiger partial charge in [0, 0.05) is 0 Å². The topological polar surface area (TPSA) is 168 Å². The van der Waals surface area contributed by atoms with E-state index in [-0.39, 0.29) is 5.06 Å². The van der Waals surface area contributed by atoms with Gasteiger partial charge in [-0.25, -0.2) is 4.79 Å². The molecule has 7 N–H and O–H groups in total. The molecule has 0 bridgehead atoms. The number of nitrogens with zero attached hydrogens (tertiary/aromatic N) is 1. The molecule has 1 aliphatic rings. The van der Waals surface area contributed by atoms with Crippen molar-refractivity contribution in [3.8, 4) is 0 Å². The molecule has 86 valence electrons. The number of carbonyl (C=O) groups is 1. The predicted octanol–water partition coefficient (Wildman–Crippen LogP) is -2.28. The van der Waals surface area contributed by atoms with Gasteiger partial charge in [0.2, 0.25) is 5.88 Å². The fraction of sp³-hybridized carbons (Fsp3) is 0.250. The molecule has 2 amide bonds. The van der Waals surface area contributed by atoms with Crippen molar-refractivity contribution >= 4 is 16.4 Å². The summed E-state index contributed by atoms with van der Waals surface area (Å²) in [5.41, 5.74) is 10.00. The van der Waals surface area contributed by atoms with Crippen LogP contribution in [0.4, 0.5) is 4.79 Å². The molecule has 0 aromatic rings. The predicted molar refractivity (Wildman–Crippen MR) is 44.8 cm³/mol. The Morgan fingerprint density at radius 2 is 2.07 bits per heavy atom. The Morgan fingerprint density at radius 1 is 1.53 bits per heavy atom. The van der Waals surface area contributed by atoms with Crippen LogP contribution in [0.5, 0.6) is 0 Å². The number of urea groups is 1. The van der Waals surface area contributed by atoms with Crippen LogP contribution < -0.4 is 16.8 Å². The van der Waals surface area contributed by atoms with E-state index in [1.165, 1.54) is 0 Å². The van der Waals surface area contributed by atoms with Gasteiger partial charge in [-0.1, -0.05) is 0 Å². The minimum Gasteiger partial charge on any atom is -0.493 e. The minimum absolute atomic E-state index is 0.0599. The molecule has 1 rings (SSSR count). The Labute approximate surface area is 84.0 Å². The maximum absolute atomic E-state index is 11.0. The summed E-state index contributed by atoms with van der Waals surface area (Å²) in [6.45, 7) is 0. The lowest BCUT2D eigenvalue weighted by Crippen LogP contribution is -2.57. The van der Waals surface area contributed by atoms with Gasteiger partial charge >= 0.3 is 16.4 Å². The van der Waals surface area contributed by atoms with Crippen LogP contribution in [0.1, 0.15) is 0 Å². The second-order valence-electron chi connectivity index (χ2n) is 2.51. The molecule has 0 aromatic heterocycles. The minimum atomic E-state index is -4.91. The van der Waals surface area contributed by atoms with Crippen molar-refractivity contribution in [3.05, 3.63) is 11.6 Å². The number of nitrogens with one attached hydrogen (secondary N) is 1. The Bertz CT molecular complexity index is 415. The van der Waals surface area contributed by atoms with E-state index in [1.54, 1.807) is 5.32 Å². The van der Waals surface area contributed by atoms with Crippen molar-refractivity contribution in [1.29, 1.82) is 0 Å².